The van der Waals surface area contributed by atoms with Crippen LogP contribution in [-0.2, 0) is 14.3 Å². The van der Waals surface area contributed by atoms with Crippen molar-refractivity contribution in [1.82, 2.24) is 0 Å². The third-order valence-corrected chi connectivity index (χ3v) is 4.05. The molecule has 1 atom stereocenters. The molecule has 18 heavy (non-hydrogen) atoms. The Morgan fingerprint density at radius 2 is 1.89 bits per heavy atom. The lowest BCUT2D eigenvalue weighted by Crippen LogP contribution is -2.33. The van der Waals surface area contributed by atoms with Crippen LogP contribution in [0.15, 0.2) is 12.2 Å². The molecule has 0 amide bonds. The number of carbonyl (C=O) groups is 1. The lowest BCUT2D eigenvalue weighted by atomic mass is 9.72. The molecule has 1 aliphatic carbocycles. The van der Waals surface area contributed by atoms with Gasteiger partial charge in [0.25, 0.3) is 0 Å². The molecule has 0 aromatic heterocycles. The molecule has 0 radical (unpaired) electrons. The summed E-state index contributed by atoms with van der Waals surface area (Å²) < 4.78 is 11.2. The van der Waals surface area contributed by atoms with Crippen LogP contribution in [0.4, 0.5) is 0 Å². The summed E-state index contributed by atoms with van der Waals surface area (Å²) in [5, 5.41) is 0. The van der Waals surface area contributed by atoms with Gasteiger partial charge in [-0.25, -0.2) is 0 Å². The van der Waals surface area contributed by atoms with E-state index in [-0.39, 0.29) is 24.8 Å². The first-order chi connectivity index (χ1) is 8.45. The molecule has 2 rings (SSSR count). The second kappa shape index (κ2) is 5.54. The van der Waals surface area contributed by atoms with E-state index in [0.29, 0.717) is 5.41 Å². The molecule has 0 spiro atoms. The molecular weight excluding hydrogens is 228 g/mol. The van der Waals surface area contributed by atoms with E-state index in [2.05, 4.69) is 20.8 Å². The maximum atomic E-state index is 11.0. The molecule has 1 saturated carbocycles. The van der Waals surface area contributed by atoms with Gasteiger partial charge in [0.15, 0.2) is 12.1 Å². The summed E-state index contributed by atoms with van der Waals surface area (Å²) in [5.74, 6) is 0.813. The molecule has 1 aliphatic heterocycles. The second-order valence-electron chi connectivity index (χ2n) is 6.48. The molecule has 0 aromatic carbocycles. The zero-order chi connectivity index (χ0) is 13.2. The van der Waals surface area contributed by atoms with Gasteiger partial charge in [0.05, 0.1) is 6.10 Å². The van der Waals surface area contributed by atoms with Crippen LogP contribution < -0.4 is 0 Å². The molecule has 1 unspecified atom stereocenters. The summed E-state index contributed by atoms with van der Waals surface area (Å²) in [6, 6.07) is 0. The van der Waals surface area contributed by atoms with Crippen molar-refractivity contribution in [1.29, 1.82) is 0 Å². The molecule has 0 aromatic rings. The molecule has 0 bridgehead atoms. The number of hydrogen-bond donors (Lipinski definition) is 0. The number of rotatable bonds is 2. The molecule has 1 heterocycles. The molecular formula is C15H24O3. The zero-order valence-electron chi connectivity index (χ0n) is 11.6. The maximum absolute atomic E-state index is 11.0. The molecule has 2 aliphatic rings. The monoisotopic (exact) mass is 252 g/mol. The molecule has 0 saturated heterocycles. The Kier molecular flexibility index (Phi) is 4.23. The first-order valence-corrected chi connectivity index (χ1v) is 6.93. The molecule has 102 valence electrons. The molecule has 1 fully saturated rings. The van der Waals surface area contributed by atoms with Gasteiger partial charge in [-0.2, -0.15) is 0 Å². The standard InChI is InChI=1S/C15H24O3/c1-15(2,3)11-4-7-13(8-5-11)18-14-9-6-12(16)10-17-14/h6,9,11,13-14H,4-5,7-8,10H2,1-3H3. The fraction of sp³-hybridized carbons (Fsp3) is 0.800. The van der Waals surface area contributed by atoms with Gasteiger partial charge in [-0.3, -0.25) is 4.79 Å². The Balaban J connectivity index is 1.77. The van der Waals surface area contributed by atoms with E-state index in [1.807, 2.05) is 0 Å². The maximum Gasteiger partial charge on any atom is 0.181 e. The van der Waals surface area contributed by atoms with Crippen molar-refractivity contribution in [3.8, 4) is 0 Å². The van der Waals surface area contributed by atoms with Crippen LogP contribution in [0.2, 0.25) is 0 Å². The van der Waals surface area contributed by atoms with Gasteiger partial charge in [0.1, 0.15) is 6.61 Å². The van der Waals surface area contributed by atoms with Crippen LogP contribution in [-0.4, -0.2) is 24.8 Å². The molecule has 3 nitrogen and oxygen atoms in total. The Hall–Kier alpha value is -0.670. The van der Waals surface area contributed by atoms with Gasteiger partial charge in [0, 0.05) is 0 Å². The Morgan fingerprint density at radius 1 is 1.22 bits per heavy atom. The van der Waals surface area contributed by atoms with Crippen molar-refractivity contribution in [2.45, 2.75) is 58.8 Å². The number of carbonyl (C=O) groups excluding carboxylic acids is 1. The van der Waals surface area contributed by atoms with E-state index in [4.69, 9.17) is 9.47 Å². The summed E-state index contributed by atoms with van der Waals surface area (Å²) in [5.41, 5.74) is 0.401. The Morgan fingerprint density at radius 3 is 2.39 bits per heavy atom. The predicted molar refractivity (Wildman–Crippen MR) is 70.2 cm³/mol. The van der Waals surface area contributed by atoms with Crippen LogP contribution >= 0.6 is 0 Å². The van der Waals surface area contributed by atoms with Crippen molar-refractivity contribution in [2.75, 3.05) is 6.61 Å². The predicted octanol–water partition coefficient (Wildman–Crippen LogP) is 3.09. The fourth-order valence-corrected chi connectivity index (χ4v) is 2.79. The van der Waals surface area contributed by atoms with Crippen molar-refractivity contribution in [2.24, 2.45) is 11.3 Å². The third kappa shape index (κ3) is 3.66. The summed E-state index contributed by atoms with van der Waals surface area (Å²) in [6.07, 6.45) is 7.90. The van der Waals surface area contributed by atoms with Gasteiger partial charge in [-0.05, 0) is 49.2 Å². The number of hydrogen-bond acceptors (Lipinski definition) is 3. The van der Waals surface area contributed by atoms with E-state index in [1.54, 1.807) is 12.2 Å². The van der Waals surface area contributed by atoms with Crippen LogP contribution in [0.3, 0.4) is 0 Å². The quantitative estimate of drug-likeness (QED) is 0.757. The summed E-state index contributed by atoms with van der Waals surface area (Å²) in [4.78, 5) is 11.0. The van der Waals surface area contributed by atoms with E-state index < -0.39 is 0 Å². The van der Waals surface area contributed by atoms with E-state index in [1.165, 1.54) is 12.8 Å². The van der Waals surface area contributed by atoms with Gasteiger partial charge < -0.3 is 9.47 Å². The van der Waals surface area contributed by atoms with Gasteiger partial charge in [0.2, 0.25) is 0 Å². The van der Waals surface area contributed by atoms with Crippen LogP contribution in [0.5, 0.6) is 0 Å². The van der Waals surface area contributed by atoms with Crippen molar-refractivity contribution in [3.63, 3.8) is 0 Å². The second-order valence-corrected chi connectivity index (χ2v) is 6.48. The van der Waals surface area contributed by atoms with E-state index in [9.17, 15) is 4.79 Å². The lowest BCUT2D eigenvalue weighted by molar-refractivity contribution is -0.164. The highest BCUT2D eigenvalue weighted by molar-refractivity contribution is 5.91. The highest BCUT2D eigenvalue weighted by atomic mass is 16.7. The van der Waals surface area contributed by atoms with Gasteiger partial charge in [-0.15, -0.1) is 0 Å². The Bertz CT molecular complexity index is 319. The first kappa shape index (κ1) is 13.8. The molecule has 0 N–H and O–H groups in total. The lowest BCUT2D eigenvalue weighted by Gasteiger charge is -2.37. The summed E-state index contributed by atoms with van der Waals surface area (Å²) in [7, 11) is 0. The Labute approximate surface area is 110 Å². The summed E-state index contributed by atoms with van der Waals surface area (Å²) in [6.45, 7) is 7.10. The minimum absolute atomic E-state index is 0.0197. The SMILES string of the molecule is CC(C)(C)C1CCC(OC2C=CC(=O)CO2)CC1. The largest absolute Gasteiger partial charge is 0.346 e. The average molecular weight is 252 g/mol. The van der Waals surface area contributed by atoms with Crippen molar-refractivity contribution >= 4 is 5.78 Å². The van der Waals surface area contributed by atoms with Crippen LogP contribution in [0.25, 0.3) is 0 Å². The van der Waals surface area contributed by atoms with Gasteiger partial charge >= 0.3 is 0 Å². The number of ether oxygens (including phenoxy) is 2. The van der Waals surface area contributed by atoms with Crippen molar-refractivity contribution in [3.05, 3.63) is 12.2 Å². The van der Waals surface area contributed by atoms with E-state index >= 15 is 0 Å². The van der Waals surface area contributed by atoms with Crippen LogP contribution in [0.1, 0.15) is 46.5 Å². The smallest absolute Gasteiger partial charge is 0.181 e. The zero-order valence-corrected chi connectivity index (χ0v) is 11.6. The van der Waals surface area contributed by atoms with Crippen LogP contribution in [0, 0.1) is 11.3 Å². The minimum Gasteiger partial charge on any atom is -0.346 e. The highest BCUT2D eigenvalue weighted by Crippen LogP contribution is 2.38. The third-order valence-electron chi connectivity index (χ3n) is 4.05. The number of ketones is 1. The topological polar surface area (TPSA) is 35.5 Å². The van der Waals surface area contributed by atoms with E-state index in [0.717, 1.165) is 18.8 Å². The first-order valence-electron chi connectivity index (χ1n) is 6.93. The normalized spacial score (nSPS) is 33.7. The van der Waals surface area contributed by atoms with Gasteiger partial charge in [-0.1, -0.05) is 20.8 Å². The fourth-order valence-electron chi connectivity index (χ4n) is 2.79. The molecule has 3 heteroatoms. The highest BCUT2D eigenvalue weighted by Gasteiger charge is 2.31. The minimum atomic E-state index is -0.320. The van der Waals surface area contributed by atoms with Crippen molar-refractivity contribution < 1.29 is 14.3 Å². The summed E-state index contributed by atoms with van der Waals surface area (Å²) >= 11 is 0. The average Bonchev–Trinajstić information content (AvgIpc) is 2.32.